The van der Waals surface area contributed by atoms with E-state index in [1.165, 1.54) is 35.2 Å². The standard InChI is InChI=1S/C45H58ClN3O6/c1-29(25-53-39-10-16-47-38-9-4-6-30(2)42(38)39)18-34-19-33-20-40-41(55-28-32(27-54-40)24-49(3)23-31-11-17-52-26-31)22-37(33)44(34)12-14-45(15-13-44,43(50)51)48-36-8-5-7-35(46)21-36/h5,7-8,10,16,20-22,29-32,34,48H,4,6,9,11-15,17-19,23-28H2,1-3H3,(H,50,51)/t29-,30-,31?,32?,34+,44?,45?/m1/s1. The second-order valence-electron chi connectivity index (χ2n) is 17.6. The Morgan fingerprint density at radius 2 is 1.84 bits per heavy atom. The van der Waals surface area contributed by atoms with Gasteiger partial charge in [0.05, 0.1) is 26.4 Å². The second-order valence-corrected chi connectivity index (χ2v) is 18.0. The molecule has 2 aromatic carbocycles. The number of nitrogens with one attached hydrogen (secondary N) is 1. The van der Waals surface area contributed by atoms with Crippen LogP contribution in [0.2, 0.25) is 5.02 Å². The first-order valence-corrected chi connectivity index (χ1v) is 21.1. The maximum atomic E-state index is 13.1. The summed E-state index contributed by atoms with van der Waals surface area (Å²) in [6.45, 7) is 10.1. The van der Waals surface area contributed by atoms with Gasteiger partial charge in [0.1, 0.15) is 11.3 Å². The summed E-state index contributed by atoms with van der Waals surface area (Å²) in [5.41, 5.74) is 4.56. The smallest absolute Gasteiger partial charge is 0.329 e. The molecule has 2 N–H and O–H groups in total. The molecule has 1 saturated carbocycles. The second kappa shape index (κ2) is 16.1. The molecule has 296 valence electrons. The van der Waals surface area contributed by atoms with Crippen LogP contribution in [0.3, 0.4) is 0 Å². The Morgan fingerprint density at radius 1 is 1.05 bits per heavy atom. The highest BCUT2D eigenvalue weighted by Gasteiger charge is 2.54. The molecule has 3 aliphatic carbocycles. The number of aromatic nitrogens is 1. The fourth-order valence-electron chi connectivity index (χ4n) is 10.6. The quantitative estimate of drug-likeness (QED) is 0.188. The van der Waals surface area contributed by atoms with Crippen molar-refractivity contribution in [2.45, 2.75) is 94.9 Å². The lowest BCUT2D eigenvalue weighted by molar-refractivity contribution is -0.144. The molecular weight excluding hydrogens is 714 g/mol. The van der Waals surface area contributed by atoms with Crippen molar-refractivity contribution in [2.75, 3.05) is 58.5 Å². The third-order valence-corrected chi connectivity index (χ3v) is 13.7. The number of anilines is 1. The van der Waals surface area contributed by atoms with Crippen molar-refractivity contribution in [3.05, 3.63) is 76.1 Å². The molecule has 10 heteroatoms. The molecule has 55 heavy (non-hydrogen) atoms. The minimum atomic E-state index is -1.08. The van der Waals surface area contributed by atoms with E-state index >= 15 is 0 Å². The Kier molecular flexibility index (Phi) is 11.3. The number of hydrogen-bond donors (Lipinski definition) is 2. The van der Waals surface area contributed by atoms with Crippen LogP contribution in [0.1, 0.15) is 93.5 Å². The zero-order valence-electron chi connectivity index (χ0n) is 32.8. The lowest BCUT2D eigenvalue weighted by Crippen LogP contribution is -2.53. The highest BCUT2D eigenvalue weighted by atomic mass is 35.5. The number of nitrogens with zero attached hydrogens (tertiary/aromatic N) is 2. The zero-order chi connectivity index (χ0) is 38.2. The summed E-state index contributed by atoms with van der Waals surface area (Å²) in [5, 5.41) is 14.7. The van der Waals surface area contributed by atoms with Gasteiger partial charge in [0.2, 0.25) is 0 Å². The average molecular weight is 772 g/mol. The van der Waals surface area contributed by atoms with Gasteiger partial charge in [-0.3, -0.25) is 4.98 Å². The summed E-state index contributed by atoms with van der Waals surface area (Å²) < 4.78 is 25.4. The van der Waals surface area contributed by atoms with E-state index in [4.69, 9.17) is 30.5 Å². The molecule has 3 heterocycles. The van der Waals surface area contributed by atoms with Gasteiger partial charge in [-0.2, -0.15) is 0 Å². The number of aryl methyl sites for hydroxylation is 1. The van der Waals surface area contributed by atoms with Gasteiger partial charge < -0.3 is 34.3 Å². The SMILES string of the molecule is C[C@@H](COc1ccnc2c1[C@H](C)CCC2)C[C@H]1Cc2cc3c(cc2C12CCC(Nc1cccc(Cl)c1)(C(=O)O)CC2)OCC(CN(C)CC1CCOC1)CO3. The molecule has 1 saturated heterocycles. The average Bonchev–Trinajstić information content (AvgIpc) is 3.72. The van der Waals surface area contributed by atoms with Gasteiger partial charge in [-0.1, -0.05) is 31.5 Å². The molecule has 1 spiro atoms. The van der Waals surface area contributed by atoms with Gasteiger partial charge in [0.15, 0.2) is 11.5 Å². The van der Waals surface area contributed by atoms with Gasteiger partial charge in [-0.05, 0) is 148 Å². The highest BCUT2D eigenvalue weighted by molar-refractivity contribution is 6.30. The third-order valence-electron chi connectivity index (χ3n) is 13.5. The third kappa shape index (κ3) is 8.04. The monoisotopic (exact) mass is 771 g/mol. The minimum Gasteiger partial charge on any atom is -0.493 e. The first-order valence-electron chi connectivity index (χ1n) is 20.7. The molecule has 0 amide bonds. The van der Waals surface area contributed by atoms with Crippen molar-refractivity contribution in [3.8, 4) is 17.2 Å². The Bertz CT molecular complexity index is 1840. The number of carboxylic acid groups (broad SMARTS) is 1. The maximum absolute atomic E-state index is 13.1. The summed E-state index contributed by atoms with van der Waals surface area (Å²) in [6, 6.07) is 13.9. The van der Waals surface area contributed by atoms with Gasteiger partial charge in [0, 0.05) is 53.8 Å². The lowest BCUT2D eigenvalue weighted by atomic mass is 9.59. The molecule has 0 bridgehead atoms. The summed E-state index contributed by atoms with van der Waals surface area (Å²) >= 11 is 6.32. The van der Waals surface area contributed by atoms with Gasteiger partial charge in [0.25, 0.3) is 0 Å². The lowest BCUT2D eigenvalue weighted by Gasteiger charge is -2.47. The van der Waals surface area contributed by atoms with Gasteiger partial charge >= 0.3 is 5.97 Å². The Balaban J connectivity index is 1.02. The molecule has 2 aliphatic heterocycles. The van der Waals surface area contributed by atoms with Gasteiger partial charge in [-0.25, -0.2) is 4.79 Å². The number of aliphatic carboxylic acids is 1. The van der Waals surface area contributed by atoms with E-state index in [-0.39, 0.29) is 11.3 Å². The topological polar surface area (TPSA) is 102 Å². The van der Waals surface area contributed by atoms with Crippen molar-refractivity contribution < 1.29 is 28.8 Å². The molecule has 3 aromatic rings. The fourth-order valence-corrected chi connectivity index (χ4v) is 10.8. The predicted molar refractivity (Wildman–Crippen MR) is 215 cm³/mol. The normalized spacial score (nSPS) is 29.0. The van der Waals surface area contributed by atoms with Crippen LogP contribution >= 0.6 is 11.6 Å². The number of halogens is 1. The number of pyridine rings is 1. The van der Waals surface area contributed by atoms with Crippen LogP contribution in [-0.4, -0.2) is 79.7 Å². The number of benzene rings is 2. The molecule has 5 atom stereocenters. The van der Waals surface area contributed by atoms with Crippen molar-refractivity contribution in [3.63, 3.8) is 0 Å². The zero-order valence-corrected chi connectivity index (χ0v) is 33.5. The number of ether oxygens (including phenoxy) is 4. The first-order chi connectivity index (χ1) is 26.6. The van der Waals surface area contributed by atoms with Crippen LogP contribution in [0.25, 0.3) is 0 Å². The molecule has 2 unspecified atom stereocenters. The van der Waals surface area contributed by atoms with Crippen molar-refractivity contribution in [2.24, 2.45) is 23.7 Å². The Morgan fingerprint density at radius 3 is 2.58 bits per heavy atom. The van der Waals surface area contributed by atoms with E-state index in [0.717, 1.165) is 87.8 Å². The van der Waals surface area contributed by atoms with Gasteiger partial charge in [-0.15, -0.1) is 0 Å². The van der Waals surface area contributed by atoms with E-state index in [1.54, 1.807) is 0 Å². The van der Waals surface area contributed by atoms with E-state index in [1.807, 2.05) is 36.5 Å². The highest BCUT2D eigenvalue weighted by Crippen LogP contribution is 2.58. The molecule has 8 rings (SSSR count). The predicted octanol–water partition coefficient (Wildman–Crippen LogP) is 8.56. The summed E-state index contributed by atoms with van der Waals surface area (Å²) in [7, 11) is 2.19. The molecule has 9 nitrogen and oxygen atoms in total. The fraction of sp³-hybridized carbons (Fsp3) is 0.600. The minimum absolute atomic E-state index is 0.184. The number of carbonyl (C=O) groups is 1. The van der Waals surface area contributed by atoms with Crippen LogP contribution in [0.5, 0.6) is 17.2 Å². The molecule has 0 radical (unpaired) electrons. The maximum Gasteiger partial charge on any atom is 0.329 e. The molecule has 1 aromatic heterocycles. The van der Waals surface area contributed by atoms with E-state index in [9.17, 15) is 9.90 Å². The van der Waals surface area contributed by atoms with Crippen molar-refractivity contribution in [1.29, 1.82) is 0 Å². The number of fused-ring (bicyclic) bond motifs is 4. The van der Waals surface area contributed by atoms with Crippen molar-refractivity contribution >= 4 is 23.3 Å². The van der Waals surface area contributed by atoms with Crippen LogP contribution < -0.4 is 19.5 Å². The van der Waals surface area contributed by atoms with Crippen LogP contribution in [0.4, 0.5) is 5.69 Å². The van der Waals surface area contributed by atoms with E-state index < -0.39 is 11.5 Å². The van der Waals surface area contributed by atoms with Crippen LogP contribution in [-0.2, 0) is 27.8 Å². The number of rotatable bonds is 12. The number of carboxylic acids is 1. The summed E-state index contributed by atoms with van der Waals surface area (Å²) in [4.78, 5) is 20.2. The number of hydrogen-bond acceptors (Lipinski definition) is 8. The van der Waals surface area contributed by atoms with Crippen LogP contribution in [0, 0.1) is 23.7 Å². The van der Waals surface area contributed by atoms with Crippen molar-refractivity contribution in [1.82, 2.24) is 9.88 Å². The van der Waals surface area contributed by atoms with E-state index in [0.29, 0.717) is 61.4 Å². The Hall–Kier alpha value is -3.53. The molecule has 2 fully saturated rings. The summed E-state index contributed by atoms with van der Waals surface area (Å²) in [6.07, 6.45) is 10.8. The molecule has 5 aliphatic rings. The largest absolute Gasteiger partial charge is 0.493 e. The summed E-state index contributed by atoms with van der Waals surface area (Å²) in [5.74, 6) is 3.75. The van der Waals surface area contributed by atoms with E-state index in [2.05, 4.69) is 48.2 Å². The van der Waals surface area contributed by atoms with Crippen LogP contribution in [0.15, 0.2) is 48.7 Å². The first kappa shape index (κ1) is 38.3. The Labute approximate surface area is 331 Å². The molecular formula is C45H58ClN3O6.